The standard InChI is InChI=1S/C23H18FN3O3/c1-14-12-15(8-9-17(14)24)21(28)19-20(18-7-3-5-11-26-18)27(23(30)22(19)29)13-16-6-2-4-10-25-16/h2-12,20,28H,13H2,1H3/b21-19-. The van der Waals surface area contributed by atoms with Gasteiger partial charge < -0.3 is 10.0 Å². The van der Waals surface area contributed by atoms with Crippen molar-refractivity contribution in [1.29, 1.82) is 0 Å². The zero-order valence-electron chi connectivity index (χ0n) is 16.1. The van der Waals surface area contributed by atoms with E-state index in [0.29, 0.717) is 17.0 Å². The third kappa shape index (κ3) is 3.45. The molecular formula is C23H18FN3O3. The van der Waals surface area contributed by atoms with Crippen LogP contribution in [0.3, 0.4) is 0 Å². The summed E-state index contributed by atoms with van der Waals surface area (Å²) in [6.07, 6.45) is 3.15. The highest BCUT2D eigenvalue weighted by Crippen LogP contribution is 2.39. The lowest BCUT2D eigenvalue weighted by molar-refractivity contribution is -0.140. The average Bonchev–Trinajstić information content (AvgIpc) is 3.01. The van der Waals surface area contributed by atoms with E-state index >= 15 is 0 Å². The maximum Gasteiger partial charge on any atom is 0.296 e. The monoisotopic (exact) mass is 403 g/mol. The number of Topliss-reactive ketones (excluding diaryl/α,β-unsaturated/α-hetero) is 1. The summed E-state index contributed by atoms with van der Waals surface area (Å²) in [4.78, 5) is 35.7. The van der Waals surface area contributed by atoms with Crippen LogP contribution in [-0.4, -0.2) is 31.7 Å². The van der Waals surface area contributed by atoms with Crippen LogP contribution >= 0.6 is 0 Å². The summed E-state index contributed by atoms with van der Waals surface area (Å²) in [5.41, 5.74) is 1.52. The molecule has 0 saturated carbocycles. The number of ketones is 1. The number of halogens is 1. The number of aliphatic hydroxyl groups is 1. The number of carbonyl (C=O) groups is 2. The normalized spacial score (nSPS) is 18.1. The molecule has 6 nitrogen and oxygen atoms in total. The number of benzene rings is 1. The molecule has 4 rings (SSSR count). The van der Waals surface area contributed by atoms with Crippen molar-refractivity contribution in [1.82, 2.24) is 14.9 Å². The molecule has 1 unspecified atom stereocenters. The number of hydrogen-bond acceptors (Lipinski definition) is 5. The van der Waals surface area contributed by atoms with Gasteiger partial charge in [0.2, 0.25) is 0 Å². The minimum atomic E-state index is -0.890. The van der Waals surface area contributed by atoms with Crippen molar-refractivity contribution in [2.45, 2.75) is 19.5 Å². The van der Waals surface area contributed by atoms with Gasteiger partial charge in [-0.2, -0.15) is 0 Å². The third-order valence-electron chi connectivity index (χ3n) is 5.00. The van der Waals surface area contributed by atoms with Crippen molar-refractivity contribution in [3.05, 3.63) is 101 Å². The molecule has 1 saturated heterocycles. The first-order chi connectivity index (χ1) is 14.5. The Morgan fingerprint density at radius 1 is 1.07 bits per heavy atom. The molecule has 3 heterocycles. The van der Waals surface area contributed by atoms with Gasteiger partial charge in [-0.1, -0.05) is 12.1 Å². The number of amides is 1. The Kier molecular flexibility index (Phi) is 5.10. The average molecular weight is 403 g/mol. The lowest BCUT2D eigenvalue weighted by Crippen LogP contribution is -2.29. The van der Waals surface area contributed by atoms with Crippen LogP contribution in [0.15, 0.2) is 72.6 Å². The van der Waals surface area contributed by atoms with Gasteiger partial charge >= 0.3 is 0 Å². The van der Waals surface area contributed by atoms with Crippen LogP contribution in [-0.2, 0) is 16.1 Å². The molecule has 1 N–H and O–H groups in total. The predicted octanol–water partition coefficient (Wildman–Crippen LogP) is 3.55. The Morgan fingerprint density at radius 3 is 2.43 bits per heavy atom. The van der Waals surface area contributed by atoms with Crippen LogP contribution in [0.4, 0.5) is 4.39 Å². The van der Waals surface area contributed by atoms with Crippen LogP contribution in [0.2, 0.25) is 0 Å². The molecule has 1 atom stereocenters. The highest BCUT2D eigenvalue weighted by molar-refractivity contribution is 6.46. The molecule has 1 fully saturated rings. The molecule has 2 aromatic heterocycles. The number of nitrogens with zero attached hydrogens (tertiary/aromatic N) is 3. The SMILES string of the molecule is Cc1cc(/C(O)=C2/C(=O)C(=O)N(Cc3ccccn3)C2c2ccccn2)ccc1F. The second kappa shape index (κ2) is 7.87. The highest BCUT2D eigenvalue weighted by atomic mass is 19.1. The van der Waals surface area contributed by atoms with Gasteiger partial charge in [0, 0.05) is 18.0 Å². The fourth-order valence-corrected chi connectivity index (χ4v) is 3.50. The maximum atomic E-state index is 13.7. The lowest BCUT2D eigenvalue weighted by atomic mass is 9.97. The topological polar surface area (TPSA) is 83.4 Å². The van der Waals surface area contributed by atoms with Crippen LogP contribution in [0.5, 0.6) is 0 Å². The highest BCUT2D eigenvalue weighted by Gasteiger charge is 2.46. The number of rotatable bonds is 4. The van der Waals surface area contributed by atoms with E-state index in [1.165, 1.54) is 23.1 Å². The molecular weight excluding hydrogens is 385 g/mol. The zero-order chi connectivity index (χ0) is 21.3. The van der Waals surface area contributed by atoms with E-state index < -0.39 is 23.5 Å². The smallest absolute Gasteiger partial charge is 0.296 e. The second-order valence-electron chi connectivity index (χ2n) is 6.97. The minimum Gasteiger partial charge on any atom is -0.507 e. The molecule has 0 bridgehead atoms. The molecule has 7 heteroatoms. The van der Waals surface area contributed by atoms with E-state index in [1.54, 1.807) is 55.7 Å². The van der Waals surface area contributed by atoms with E-state index in [0.717, 1.165) is 0 Å². The van der Waals surface area contributed by atoms with Crippen LogP contribution in [0.25, 0.3) is 5.76 Å². The van der Waals surface area contributed by atoms with Crippen molar-refractivity contribution in [2.75, 3.05) is 0 Å². The number of aryl methyl sites for hydroxylation is 1. The Hall–Kier alpha value is -3.87. The van der Waals surface area contributed by atoms with Gasteiger partial charge in [0.05, 0.1) is 23.5 Å². The second-order valence-corrected chi connectivity index (χ2v) is 6.97. The van der Waals surface area contributed by atoms with Crippen molar-refractivity contribution in [3.8, 4) is 0 Å². The fraction of sp³-hybridized carbons (Fsp3) is 0.130. The first-order valence-electron chi connectivity index (χ1n) is 9.33. The number of carbonyl (C=O) groups excluding carboxylic acids is 2. The van der Waals surface area contributed by atoms with Gasteiger partial charge in [0.15, 0.2) is 0 Å². The maximum absolute atomic E-state index is 13.7. The first kappa shape index (κ1) is 19.4. The fourth-order valence-electron chi connectivity index (χ4n) is 3.50. The summed E-state index contributed by atoms with van der Waals surface area (Å²) in [7, 11) is 0. The summed E-state index contributed by atoms with van der Waals surface area (Å²) in [5.74, 6) is -2.36. The summed E-state index contributed by atoms with van der Waals surface area (Å²) in [6.45, 7) is 1.63. The molecule has 1 amide bonds. The summed E-state index contributed by atoms with van der Waals surface area (Å²) in [5, 5.41) is 11.0. The van der Waals surface area contributed by atoms with E-state index in [9.17, 15) is 19.1 Å². The van der Waals surface area contributed by atoms with E-state index in [4.69, 9.17) is 0 Å². The molecule has 1 aliphatic rings. The van der Waals surface area contributed by atoms with Gasteiger partial charge in [0.1, 0.15) is 17.6 Å². The van der Waals surface area contributed by atoms with Crippen LogP contribution in [0.1, 0.15) is 28.6 Å². The Balaban J connectivity index is 1.86. The molecule has 30 heavy (non-hydrogen) atoms. The van der Waals surface area contributed by atoms with E-state index in [2.05, 4.69) is 9.97 Å². The zero-order valence-corrected chi connectivity index (χ0v) is 16.1. The Labute approximate surface area is 172 Å². The number of likely N-dealkylation sites (tertiary alicyclic amines) is 1. The molecule has 0 radical (unpaired) electrons. The van der Waals surface area contributed by atoms with Crippen LogP contribution in [0, 0.1) is 12.7 Å². The van der Waals surface area contributed by atoms with Gasteiger partial charge in [-0.05, 0) is 55.0 Å². The largest absolute Gasteiger partial charge is 0.507 e. The molecule has 0 spiro atoms. The number of aromatic nitrogens is 2. The van der Waals surface area contributed by atoms with Gasteiger partial charge in [0.25, 0.3) is 11.7 Å². The van der Waals surface area contributed by atoms with Crippen molar-refractivity contribution >= 4 is 17.4 Å². The predicted molar refractivity (Wildman–Crippen MR) is 107 cm³/mol. The Bertz CT molecular complexity index is 1150. The summed E-state index contributed by atoms with van der Waals surface area (Å²) < 4.78 is 13.7. The third-order valence-corrected chi connectivity index (χ3v) is 5.00. The summed E-state index contributed by atoms with van der Waals surface area (Å²) in [6, 6.07) is 13.6. The molecule has 150 valence electrons. The number of aliphatic hydroxyl groups excluding tert-OH is 1. The lowest BCUT2D eigenvalue weighted by Gasteiger charge is -2.24. The molecule has 1 aromatic carbocycles. The quantitative estimate of drug-likeness (QED) is 0.409. The van der Waals surface area contributed by atoms with Crippen molar-refractivity contribution < 1.29 is 19.1 Å². The van der Waals surface area contributed by atoms with Gasteiger partial charge in [-0.3, -0.25) is 19.6 Å². The minimum absolute atomic E-state index is 0.0753. The van der Waals surface area contributed by atoms with Crippen molar-refractivity contribution in [3.63, 3.8) is 0 Å². The van der Waals surface area contributed by atoms with Crippen LogP contribution < -0.4 is 0 Å². The molecule has 3 aromatic rings. The molecule has 1 aliphatic heterocycles. The van der Waals surface area contributed by atoms with E-state index in [-0.39, 0.29) is 23.4 Å². The van der Waals surface area contributed by atoms with E-state index in [1.807, 2.05) is 0 Å². The van der Waals surface area contributed by atoms with Gasteiger partial charge in [-0.25, -0.2) is 4.39 Å². The number of pyridine rings is 2. The van der Waals surface area contributed by atoms with Gasteiger partial charge in [-0.15, -0.1) is 0 Å². The Morgan fingerprint density at radius 2 is 1.80 bits per heavy atom. The molecule has 0 aliphatic carbocycles. The number of hydrogen-bond donors (Lipinski definition) is 1. The van der Waals surface area contributed by atoms with Crippen molar-refractivity contribution in [2.24, 2.45) is 0 Å². The first-order valence-corrected chi connectivity index (χ1v) is 9.33. The summed E-state index contributed by atoms with van der Waals surface area (Å²) >= 11 is 0.